The van der Waals surface area contributed by atoms with Crippen molar-refractivity contribution in [2.45, 2.75) is 50.5 Å². The molecule has 1 N–H and O–H groups in total. The number of likely N-dealkylation sites (tertiary alicyclic amines) is 1. The number of thioether (sulfide) groups is 1. The zero-order valence-electron chi connectivity index (χ0n) is 16.5. The zero-order chi connectivity index (χ0) is 20.7. The molecule has 2 amide bonds. The molecule has 0 aliphatic carbocycles. The lowest BCUT2D eigenvalue weighted by Crippen LogP contribution is -2.45. The van der Waals surface area contributed by atoms with E-state index in [1.807, 2.05) is 20.8 Å². The summed E-state index contributed by atoms with van der Waals surface area (Å²) in [7, 11) is 0. The molecule has 28 heavy (non-hydrogen) atoms. The highest BCUT2D eigenvalue weighted by Crippen LogP contribution is 2.27. The standard InChI is InChI=1S/C17H26N4O5S2/c1-5-25-12(22)10-27-15-20-19-14(28-15)18-13(23)11-7-6-8-21(9-11)16(24)26-17(2,3)4/h11H,5-10H2,1-4H3,(H,18,19,23). The molecule has 2 rings (SSSR count). The van der Waals surface area contributed by atoms with Gasteiger partial charge in [-0.25, -0.2) is 4.79 Å². The Morgan fingerprint density at radius 1 is 1.32 bits per heavy atom. The summed E-state index contributed by atoms with van der Waals surface area (Å²) in [4.78, 5) is 37.7. The molecule has 0 saturated carbocycles. The molecule has 1 atom stereocenters. The third-order valence-corrected chi connectivity index (χ3v) is 5.64. The van der Waals surface area contributed by atoms with Gasteiger partial charge in [0, 0.05) is 13.1 Å². The molecule has 0 aromatic carbocycles. The fraction of sp³-hybridized carbons (Fsp3) is 0.706. The quantitative estimate of drug-likeness (QED) is 0.417. The van der Waals surface area contributed by atoms with E-state index < -0.39 is 11.7 Å². The maximum absolute atomic E-state index is 12.5. The number of amides is 2. The van der Waals surface area contributed by atoms with E-state index in [0.717, 1.165) is 6.42 Å². The Morgan fingerprint density at radius 2 is 2.07 bits per heavy atom. The monoisotopic (exact) mass is 430 g/mol. The summed E-state index contributed by atoms with van der Waals surface area (Å²) in [5, 5.41) is 11.0. The molecule has 0 spiro atoms. The summed E-state index contributed by atoms with van der Waals surface area (Å²) in [6.45, 7) is 8.40. The van der Waals surface area contributed by atoms with Crippen molar-refractivity contribution in [3.8, 4) is 0 Å². The van der Waals surface area contributed by atoms with Gasteiger partial charge in [-0.2, -0.15) is 0 Å². The summed E-state index contributed by atoms with van der Waals surface area (Å²) in [6, 6.07) is 0. The van der Waals surface area contributed by atoms with Crippen molar-refractivity contribution in [1.82, 2.24) is 15.1 Å². The Bertz CT molecular complexity index is 704. The summed E-state index contributed by atoms with van der Waals surface area (Å²) in [6.07, 6.45) is 1.02. The van der Waals surface area contributed by atoms with E-state index in [4.69, 9.17) is 9.47 Å². The van der Waals surface area contributed by atoms with Crippen LogP contribution in [0.15, 0.2) is 4.34 Å². The molecule has 2 heterocycles. The lowest BCUT2D eigenvalue weighted by atomic mass is 9.97. The van der Waals surface area contributed by atoms with Crippen molar-refractivity contribution < 1.29 is 23.9 Å². The van der Waals surface area contributed by atoms with Crippen LogP contribution in [0.2, 0.25) is 0 Å². The van der Waals surface area contributed by atoms with Crippen LogP contribution in [0.5, 0.6) is 0 Å². The van der Waals surface area contributed by atoms with E-state index in [0.29, 0.717) is 35.6 Å². The highest BCUT2D eigenvalue weighted by Gasteiger charge is 2.31. The Morgan fingerprint density at radius 3 is 2.75 bits per heavy atom. The molecule has 11 heteroatoms. The molecular weight excluding hydrogens is 404 g/mol. The van der Waals surface area contributed by atoms with E-state index in [1.54, 1.807) is 11.8 Å². The van der Waals surface area contributed by atoms with Crippen molar-refractivity contribution in [1.29, 1.82) is 0 Å². The van der Waals surface area contributed by atoms with E-state index in [9.17, 15) is 14.4 Å². The van der Waals surface area contributed by atoms with Gasteiger partial charge < -0.3 is 19.7 Å². The molecular formula is C17H26N4O5S2. The van der Waals surface area contributed by atoms with Gasteiger partial charge in [-0.3, -0.25) is 9.59 Å². The molecule has 0 bridgehead atoms. The Labute approximate surface area is 172 Å². The molecule has 1 aliphatic rings. The van der Waals surface area contributed by atoms with Crippen LogP contribution in [0.4, 0.5) is 9.93 Å². The minimum absolute atomic E-state index is 0.143. The van der Waals surface area contributed by atoms with Crippen molar-refractivity contribution in [2.75, 3.05) is 30.8 Å². The summed E-state index contributed by atoms with van der Waals surface area (Å²) >= 11 is 2.41. The SMILES string of the molecule is CCOC(=O)CSc1nnc(NC(=O)C2CCCN(C(=O)OC(C)(C)C)C2)s1. The van der Waals surface area contributed by atoms with Gasteiger partial charge in [-0.05, 0) is 40.5 Å². The second kappa shape index (κ2) is 10.1. The number of anilines is 1. The van der Waals surface area contributed by atoms with Crippen LogP contribution in [0.25, 0.3) is 0 Å². The first kappa shape index (κ1) is 22.4. The predicted molar refractivity (Wildman–Crippen MR) is 106 cm³/mol. The summed E-state index contributed by atoms with van der Waals surface area (Å²) in [5.74, 6) is -0.714. The highest BCUT2D eigenvalue weighted by atomic mass is 32.2. The van der Waals surface area contributed by atoms with Crippen LogP contribution < -0.4 is 5.32 Å². The normalized spacial score (nSPS) is 17.1. The van der Waals surface area contributed by atoms with Gasteiger partial charge in [0.15, 0.2) is 4.34 Å². The van der Waals surface area contributed by atoms with E-state index in [-0.39, 0.29) is 23.5 Å². The minimum atomic E-state index is -0.573. The summed E-state index contributed by atoms with van der Waals surface area (Å²) < 4.78 is 10.8. The second-order valence-electron chi connectivity index (χ2n) is 7.22. The summed E-state index contributed by atoms with van der Waals surface area (Å²) in [5.41, 5.74) is -0.573. The first-order chi connectivity index (χ1) is 13.2. The van der Waals surface area contributed by atoms with Crippen LogP contribution in [0.3, 0.4) is 0 Å². The van der Waals surface area contributed by atoms with Gasteiger partial charge in [0.25, 0.3) is 0 Å². The van der Waals surface area contributed by atoms with Gasteiger partial charge in [0.1, 0.15) is 5.60 Å². The Kier molecular flexibility index (Phi) is 8.05. The highest BCUT2D eigenvalue weighted by molar-refractivity contribution is 8.01. The third-order valence-electron chi connectivity index (χ3n) is 3.70. The Balaban J connectivity index is 1.85. The van der Waals surface area contributed by atoms with Gasteiger partial charge in [0.2, 0.25) is 11.0 Å². The largest absolute Gasteiger partial charge is 0.465 e. The van der Waals surface area contributed by atoms with E-state index in [1.165, 1.54) is 23.1 Å². The van der Waals surface area contributed by atoms with Gasteiger partial charge in [-0.1, -0.05) is 23.1 Å². The number of ether oxygens (including phenoxy) is 2. The smallest absolute Gasteiger partial charge is 0.410 e. The lowest BCUT2D eigenvalue weighted by Gasteiger charge is -2.33. The van der Waals surface area contributed by atoms with E-state index >= 15 is 0 Å². The van der Waals surface area contributed by atoms with Crippen LogP contribution in [-0.2, 0) is 19.1 Å². The molecule has 156 valence electrons. The van der Waals surface area contributed by atoms with Gasteiger partial charge >= 0.3 is 12.1 Å². The van der Waals surface area contributed by atoms with Crippen LogP contribution in [-0.4, -0.2) is 64.1 Å². The first-order valence-corrected chi connectivity index (χ1v) is 10.9. The average molecular weight is 431 g/mol. The lowest BCUT2D eigenvalue weighted by molar-refractivity contribution is -0.139. The molecule has 1 saturated heterocycles. The van der Waals surface area contributed by atoms with Crippen molar-refractivity contribution >= 4 is 46.2 Å². The van der Waals surface area contributed by atoms with Gasteiger partial charge in [0.05, 0.1) is 18.3 Å². The molecule has 0 radical (unpaired) electrons. The maximum atomic E-state index is 12.5. The third kappa shape index (κ3) is 7.27. The van der Waals surface area contributed by atoms with Crippen LogP contribution in [0.1, 0.15) is 40.5 Å². The molecule has 1 aromatic rings. The van der Waals surface area contributed by atoms with Crippen molar-refractivity contribution in [3.05, 3.63) is 0 Å². The number of nitrogens with one attached hydrogen (secondary N) is 1. The van der Waals surface area contributed by atoms with Crippen molar-refractivity contribution in [2.24, 2.45) is 5.92 Å². The van der Waals surface area contributed by atoms with Crippen molar-refractivity contribution in [3.63, 3.8) is 0 Å². The number of aromatic nitrogens is 2. The molecule has 1 unspecified atom stereocenters. The second-order valence-corrected chi connectivity index (χ2v) is 9.42. The number of esters is 1. The van der Waals surface area contributed by atoms with Gasteiger partial charge in [-0.15, -0.1) is 10.2 Å². The number of carbonyl (C=O) groups is 3. The number of carbonyl (C=O) groups excluding carboxylic acids is 3. The number of hydrogen-bond acceptors (Lipinski definition) is 9. The molecule has 1 fully saturated rings. The maximum Gasteiger partial charge on any atom is 0.410 e. The fourth-order valence-corrected chi connectivity index (χ4v) is 4.09. The Hall–Kier alpha value is -1.88. The number of nitrogens with zero attached hydrogens (tertiary/aromatic N) is 3. The average Bonchev–Trinajstić information content (AvgIpc) is 3.06. The first-order valence-electron chi connectivity index (χ1n) is 9.08. The minimum Gasteiger partial charge on any atom is -0.465 e. The molecule has 9 nitrogen and oxygen atoms in total. The fourth-order valence-electron chi connectivity index (χ4n) is 2.53. The molecule has 1 aromatic heterocycles. The van der Waals surface area contributed by atoms with Crippen LogP contribution >= 0.6 is 23.1 Å². The number of rotatable bonds is 6. The predicted octanol–water partition coefficient (Wildman–Crippen LogP) is 2.78. The van der Waals surface area contributed by atoms with Crippen LogP contribution in [0, 0.1) is 5.92 Å². The van der Waals surface area contributed by atoms with E-state index in [2.05, 4.69) is 15.5 Å². The zero-order valence-corrected chi connectivity index (χ0v) is 18.2. The topological polar surface area (TPSA) is 111 Å². The molecule has 1 aliphatic heterocycles. The number of piperidine rings is 1. The number of hydrogen-bond donors (Lipinski definition) is 1.